The van der Waals surface area contributed by atoms with Crippen LogP contribution in [-0.2, 0) is 6.42 Å². The number of halogens is 1. The monoisotopic (exact) mass is 342 g/mol. The number of aromatic amines is 1. The molecule has 0 aliphatic carbocycles. The van der Waals surface area contributed by atoms with E-state index in [9.17, 15) is 19.2 Å². The van der Waals surface area contributed by atoms with Gasteiger partial charge in [-0.1, -0.05) is 35.1 Å². The maximum absolute atomic E-state index is 13.9. The van der Waals surface area contributed by atoms with Crippen molar-refractivity contribution < 1.29 is 14.3 Å². The van der Waals surface area contributed by atoms with Crippen molar-refractivity contribution in [1.82, 2.24) is 9.71 Å². The van der Waals surface area contributed by atoms with Crippen LogP contribution in [0.15, 0.2) is 58.1 Å². The van der Waals surface area contributed by atoms with Gasteiger partial charge in [0.1, 0.15) is 0 Å². The number of ether oxygens (including phenoxy) is 1. The van der Waals surface area contributed by atoms with Crippen LogP contribution in [0.3, 0.4) is 0 Å². The minimum atomic E-state index is -0.893. The summed E-state index contributed by atoms with van der Waals surface area (Å²) in [6.07, 6.45) is 0.289. The molecule has 0 saturated heterocycles. The fraction of sp³-hybridized carbons (Fsp3) is 0.111. The van der Waals surface area contributed by atoms with Crippen LogP contribution in [0.5, 0.6) is 5.75 Å². The van der Waals surface area contributed by atoms with E-state index in [1.54, 1.807) is 18.2 Å². The molecular formula is C18H15FN2O4. The molecule has 0 aliphatic heterocycles. The van der Waals surface area contributed by atoms with Crippen molar-refractivity contribution in [2.24, 2.45) is 0 Å². The molecular weight excluding hydrogens is 327 g/mol. The standard InChI is InChI=1S/C18H15FN2O4/c1-25-16-6-5-13(9-15(16)19)12-4-2-3-11(7-12)8-14-10-17(22)21(24)18(23)20-14/h2-7,9-10,24H,8H2,1H3,(H,20,23). The van der Waals surface area contributed by atoms with Crippen molar-refractivity contribution in [1.29, 1.82) is 0 Å². The molecule has 0 bridgehead atoms. The molecule has 0 fully saturated rings. The zero-order chi connectivity index (χ0) is 18.0. The van der Waals surface area contributed by atoms with Crippen molar-refractivity contribution in [3.8, 4) is 16.9 Å². The molecule has 0 amide bonds. The highest BCUT2D eigenvalue weighted by Gasteiger charge is 2.07. The average molecular weight is 342 g/mol. The van der Waals surface area contributed by atoms with Crippen LogP contribution in [0.25, 0.3) is 11.1 Å². The number of rotatable bonds is 4. The molecule has 0 unspecified atom stereocenters. The SMILES string of the molecule is COc1ccc(-c2cccc(Cc3cc(=O)n(O)c(=O)[nH]3)c2)cc1F. The predicted molar refractivity (Wildman–Crippen MR) is 89.7 cm³/mol. The Balaban J connectivity index is 1.93. The largest absolute Gasteiger partial charge is 0.494 e. The van der Waals surface area contributed by atoms with E-state index < -0.39 is 17.1 Å². The summed E-state index contributed by atoms with van der Waals surface area (Å²) >= 11 is 0. The van der Waals surface area contributed by atoms with Crippen LogP contribution in [0, 0.1) is 5.82 Å². The second-order valence-corrected chi connectivity index (χ2v) is 5.48. The van der Waals surface area contributed by atoms with Crippen molar-refractivity contribution in [3.63, 3.8) is 0 Å². The van der Waals surface area contributed by atoms with Crippen molar-refractivity contribution in [2.45, 2.75) is 6.42 Å². The third kappa shape index (κ3) is 3.45. The van der Waals surface area contributed by atoms with Crippen LogP contribution < -0.4 is 16.0 Å². The maximum atomic E-state index is 13.9. The van der Waals surface area contributed by atoms with E-state index in [0.29, 0.717) is 11.3 Å². The summed E-state index contributed by atoms with van der Waals surface area (Å²) in [6.45, 7) is 0. The summed E-state index contributed by atoms with van der Waals surface area (Å²) in [6, 6.07) is 13.1. The van der Waals surface area contributed by atoms with E-state index in [1.165, 1.54) is 13.2 Å². The number of hydrogen-bond acceptors (Lipinski definition) is 4. The van der Waals surface area contributed by atoms with Gasteiger partial charge in [-0.25, -0.2) is 9.18 Å². The van der Waals surface area contributed by atoms with Crippen LogP contribution in [0.4, 0.5) is 4.39 Å². The van der Waals surface area contributed by atoms with E-state index in [0.717, 1.165) is 17.2 Å². The van der Waals surface area contributed by atoms with Crippen LogP contribution >= 0.6 is 0 Å². The molecule has 25 heavy (non-hydrogen) atoms. The summed E-state index contributed by atoms with van der Waals surface area (Å²) in [5, 5.41) is 9.17. The van der Waals surface area contributed by atoms with E-state index in [1.807, 2.05) is 18.2 Å². The highest BCUT2D eigenvalue weighted by Crippen LogP contribution is 2.26. The van der Waals surface area contributed by atoms with E-state index in [2.05, 4.69) is 4.98 Å². The average Bonchev–Trinajstić information content (AvgIpc) is 2.60. The van der Waals surface area contributed by atoms with Crippen LogP contribution in [-0.4, -0.2) is 22.0 Å². The predicted octanol–water partition coefficient (Wildman–Crippen LogP) is 2.18. The molecule has 1 aromatic heterocycles. The molecule has 0 atom stereocenters. The molecule has 0 aliphatic rings. The first kappa shape index (κ1) is 16.5. The second kappa shape index (κ2) is 6.64. The number of methoxy groups -OCH3 is 1. The molecule has 0 spiro atoms. The van der Waals surface area contributed by atoms with Gasteiger partial charge >= 0.3 is 5.69 Å². The Bertz CT molecular complexity index is 1010. The Morgan fingerprint density at radius 2 is 1.88 bits per heavy atom. The Hall–Kier alpha value is -3.35. The topological polar surface area (TPSA) is 84.3 Å². The normalized spacial score (nSPS) is 10.6. The van der Waals surface area contributed by atoms with Gasteiger partial charge < -0.3 is 14.9 Å². The molecule has 3 rings (SSSR count). The highest BCUT2D eigenvalue weighted by molar-refractivity contribution is 5.65. The lowest BCUT2D eigenvalue weighted by Gasteiger charge is -2.08. The summed E-state index contributed by atoms with van der Waals surface area (Å²) in [5.74, 6) is -0.289. The lowest BCUT2D eigenvalue weighted by Crippen LogP contribution is -2.33. The lowest BCUT2D eigenvalue weighted by atomic mass is 10.0. The molecule has 0 saturated carbocycles. The zero-order valence-electron chi connectivity index (χ0n) is 13.3. The van der Waals surface area contributed by atoms with Crippen molar-refractivity contribution in [3.05, 3.63) is 86.4 Å². The molecule has 2 aromatic carbocycles. The quantitative estimate of drug-likeness (QED) is 0.712. The van der Waals surface area contributed by atoms with Crippen LogP contribution in [0.2, 0.25) is 0 Å². The number of H-pyrrole nitrogens is 1. The van der Waals surface area contributed by atoms with Gasteiger partial charge in [0.25, 0.3) is 5.56 Å². The molecule has 2 N–H and O–H groups in total. The van der Waals surface area contributed by atoms with Gasteiger partial charge in [-0.2, -0.15) is 0 Å². The fourth-order valence-electron chi connectivity index (χ4n) is 2.56. The molecule has 6 nitrogen and oxygen atoms in total. The Morgan fingerprint density at radius 1 is 1.12 bits per heavy atom. The molecule has 128 valence electrons. The first-order chi connectivity index (χ1) is 12.0. The Morgan fingerprint density at radius 3 is 2.56 bits per heavy atom. The minimum Gasteiger partial charge on any atom is -0.494 e. The van der Waals surface area contributed by atoms with Gasteiger partial charge in [0.05, 0.1) is 7.11 Å². The number of nitrogens with one attached hydrogen (secondary N) is 1. The number of nitrogens with zero attached hydrogens (tertiary/aromatic N) is 1. The summed E-state index contributed by atoms with van der Waals surface area (Å²) in [4.78, 5) is 25.3. The number of hydrogen-bond donors (Lipinski definition) is 2. The highest BCUT2D eigenvalue weighted by atomic mass is 19.1. The second-order valence-electron chi connectivity index (χ2n) is 5.48. The fourth-order valence-corrected chi connectivity index (χ4v) is 2.56. The lowest BCUT2D eigenvalue weighted by molar-refractivity contribution is 0.160. The Labute approximate surface area is 141 Å². The summed E-state index contributed by atoms with van der Waals surface area (Å²) in [5.41, 5.74) is 0.970. The van der Waals surface area contributed by atoms with Gasteiger partial charge in [0, 0.05) is 18.2 Å². The summed E-state index contributed by atoms with van der Waals surface area (Å²) < 4.78 is 18.8. The number of aromatic nitrogens is 2. The third-order valence-electron chi connectivity index (χ3n) is 3.77. The Kier molecular flexibility index (Phi) is 4.38. The summed E-state index contributed by atoms with van der Waals surface area (Å²) in [7, 11) is 1.40. The molecule has 3 aromatic rings. The van der Waals surface area contributed by atoms with Crippen LogP contribution in [0.1, 0.15) is 11.3 Å². The maximum Gasteiger partial charge on any atom is 0.362 e. The van der Waals surface area contributed by atoms with Gasteiger partial charge in [-0.05, 0) is 28.8 Å². The minimum absolute atomic E-state index is 0.0139. The smallest absolute Gasteiger partial charge is 0.362 e. The third-order valence-corrected chi connectivity index (χ3v) is 3.77. The van der Waals surface area contributed by atoms with Crippen molar-refractivity contribution in [2.75, 3.05) is 7.11 Å². The first-order valence-corrected chi connectivity index (χ1v) is 7.45. The zero-order valence-corrected chi connectivity index (χ0v) is 13.3. The van der Waals surface area contributed by atoms with E-state index in [-0.39, 0.29) is 16.9 Å². The van der Waals surface area contributed by atoms with Gasteiger partial charge in [-0.3, -0.25) is 4.79 Å². The van der Waals surface area contributed by atoms with E-state index in [4.69, 9.17) is 4.74 Å². The molecule has 0 radical (unpaired) electrons. The van der Waals surface area contributed by atoms with Gasteiger partial charge in [0.2, 0.25) is 0 Å². The van der Waals surface area contributed by atoms with E-state index >= 15 is 0 Å². The molecule has 1 heterocycles. The number of benzene rings is 2. The van der Waals surface area contributed by atoms with Gasteiger partial charge in [0.15, 0.2) is 11.6 Å². The van der Waals surface area contributed by atoms with Gasteiger partial charge in [-0.15, -0.1) is 0 Å². The van der Waals surface area contributed by atoms with Crippen molar-refractivity contribution >= 4 is 0 Å². The first-order valence-electron chi connectivity index (χ1n) is 7.45. The molecule has 7 heteroatoms.